The molecule has 0 bridgehead atoms. The summed E-state index contributed by atoms with van der Waals surface area (Å²) in [5, 5.41) is 3.20. The van der Waals surface area contributed by atoms with Gasteiger partial charge in [0.2, 0.25) is 5.91 Å². The van der Waals surface area contributed by atoms with E-state index in [-0.39, 0.29) is 11.7 Å². The van der Waals surface area contributed by atoms with Gasteiger partial charge in [-0.1, -0.05) is 25.2 Å². The van der Waals surface area contributed by atoms with E-state index in [1.807, 2.05) is 6.92 Å². The number of carbonyl (C=O) groups excluding carboxylic acids is 1. The molecule has 1 saturated carbocycles. The number of nitrogens with zero attached hydrogens (tertiary/aromatic N) is 1. The zero-order chi connectivity index (χ0) is 17.5. The molecule has 1 aliphatic carbocycles. The molecule has 2 unspecified atom stereocenters. The van der Waals surface area contributed by atoms with Crippen molar-refractivity contribution in [2.45, 2.75) is 39.5 Å². The third-order valence-electron chi connectivity index (χ3n) is 4.35. The fourth-order valence-electron chi connectivity index (χ4n) is 3.15. The van der Waals surface area contributed by atoms with E-state index in [4.69, 9.17) is 0 Å². The number of hydrogen-bond donors (Lipinski definition) is 1. The molecular formula is C16H17F3N2O2S. The van der Waals surface area contributed by atoms with Crippen molar-refractivity contribution in [3.05, 3.63) is 18.2 Å². The highest BCUT2D eigenvalue weighted by atomic mass is 32.1. The van der Waals surface area contributed by atoms with Gasteiger partial charge in [-0.3, -0.25) is 4.79 Å². The molecule has 1 heterocycles. The zero-order valence-electron chi connectivity index (χ0n) is 13.2. The molecule has 0 radical (unpaired) electrons. The fraction of sp³-hybridized carbons (Fsp3) is 0.500. The maximum atomic E-state index is 12.5. The lowest BCUT2D eigenvalue weighted by atomic mass is 9.87. The van der Waals surface area contributed by atoms with Crippen molar-refractivity contribution in [2.75, 3.05) is 5.32 Å². The van der Waals surface area contributed by atoms with E-state index in [9.17, 15) is 18.0 Å². The van der Waals surface area contributed by atoms with Crippen LogP contribution in [0.15, 0.2) is 18.2 Å². The van der Waals surface area contributed by atoms with Crippen LogP contribution in [0.5, 0.6) is 5.75 Å². The molecular weight excluding hydrogens is 341 g/mol. The first-order valence-electron chi connectivity index (χ1n) is 7.62. The van der Waals surface area contributed by atoms with Crippen molar-refractivity contribution >= 4 is 32.6 Å². The minimum atomic E-state index is -4.73. The molecule has 1 N–H and O–H groups in total. The number of fused-ring (bicyclic) bond motifs is 1. The van der Waals surface area contributed by atoms with E-state index < -0.39 is 11.8 Å². The van der Waals surface area contributed by atoms with Crippen molar-refractivity contribution in [2.24, 2.45) is 11.3 Å². The quantitative estimate of drug-likeness (QED) is 0.844. The summed E-state index contributed by atoms with van der Waals surface area (Å²) in [4.78, 5) is 16.8. The number of thiazole rings is 1. The van der Waals surface area contributed by atoms with Crippen molar-refractivity contribution in [1.82, 2.24) is 4.98 Å². The monoisotopic (exact) mass is 358 g/mol. The van der Waals surface area contributed by atoms with Crippen LogP contribution in [0.1, 0.15) is 33.1 Å². The SMILES string of the molecule is CC1CCC(C)(C(=O)Nc2nc3ccc(OC(F)(F)F)cc3s2)C1. The van der Waals surface area contributed by atoms with Gasteiger partial charge >= 0.3 is 6.36 Å². The topological polar surface area (TPSA) is 51.2 Å². The van der Waals surface area contributed by atoms with Crippen LogP contribution in [0.4, 0.5) is 18.3 Å². The van der Waals surface area contributed by atoms with Crippen molar-refractivity contribution in [3.8, 4) is 5.75 Å². The summed E-state index contributed by atoms with van der Waals surface area (Å²) < 4.78 is 41.2. The van der Waals surface area contributed by atoms with Gasteiger partial charge in [0.25, 0.3) is 0 Å². The number of anilines is 1. The molecule has 1 aliphatic rings. The van der Waals surface area contributed by atoms with Crippen LogP contribution in [-0.2, 0) is 4.79 Å². The molecule has 1 amide bonds. The van der Waals surface area contributed by atoms with Crippen LogP contribution in [-0.4, -0.2) is 17.3 Å². The largest absolute Gasteiger partial charge is 0.573 e. The highest BCUT2D eigenvalue weighted by Crippen LogP contribution is 2.42. The standard InChI is InChI=1S/C16H17F3N2O2S/c1-9-5-6-15(2,8-9)13(22)21-14-20-11-4-3-10(7-12(11)24-14)23-16(17,18)19/h3-4,7,9H,5-6,8H2,1-2H3,(H,20,21,22). The molecule has 4 nitrogen and oxygen atoms in total. The lowest BCUT2D eigenvalue weighted by molar-refractivity contribution is -0.274. The Bertz CT molecular complexity index is 774. The summed E-state index contributed by atoms with van der Waals surface area (Å²) in [5.41, 5.74) is 0.108. The molecule has 8 heteroatoms. The Morgan fingerprint density at radius 1 is 1.46 bits per heavy atom. The molecule has 2 aromatic rings. The molecule has 0 aliphatic heterocycles. The van der Waals surface area contributed by atoms with Crippen LogP contribution in [0, 0.1) is 11.3 Å². The summed E-state index contributed by atoms with van der Waals surface area (Å²) >= 11 is 1.13. The Labute approximate surface area is 141 Å². The number of aromatic nitrogens is 1. The predicted octanol–water partition coefficient (Wildman–Crippen LogP) is 4.96. The highest BCUT2D eigenvalue weighted by molar-refractivity contribution is 7.22. The van der Waals surface area contributed by atoms with E-state index in [1.165, 1.54) is 18.2 Å². The number of hydrogen-bond acceptors (Lipinski definition) is 4. The molecule has 3 rings (SSSR count). The summed E-state index contributed by atoms with van der Waals surface area (Å²) in [7, 11) is 0. The number of halogens is 3. The zero-order valence-corrected chi connectivity index (χ0v) is 14.1. The van der Waals surface area contributed by atoms with Gasteiger partial charge in [0.15, 0.2) is 5.13 Å². The molecule has 1 aromatic carbocycles. The van der Waals surface area contributed by atoms with Crippen molar-refractivity contribution in [1.29, 1.82) is 0 Å². The second-order valence-corrected chi connectivity index (χ2v) is 7.59. The Kier molecular flexibility index (Phi) is 4.19. The van der Waals surface area contributed by atoms with Gasteiger partial charge in [0.1, 0.15) is 5.75 Å². The van der Waals surface area contributed by atoms with Gasteiger partial charge in [0.05, 0.1) is 10.2 Å². The van der Waals surface area contributed by atoms with Crippen molar-refractivity contribution < 1.29 is 22.7 Å². The first kappa shape index (κ1) is 17.0. The lowest BCUT2D eigenvalue weighted by Gasteiger charge is -2.21. The Morgan fingerprint density at radius 2 is 2.21 bits per heavy atom. The van der Waals surface area contributed by atoms with Gasteiger partial charge < -0.3 is 10.1 Å². The summed E-state index contributed by atoms with van der Waals surface area (Å²) in [6, 6.07) is 3.93. The van der Waals surface area contributed by atoms with Gasteiger partial charge in [-0.05, 0) is 37.3 Å². The average Bonchev–Trinajstić information content (AvgIpc) is 3.00. The van der Waals surface area contributed by atoms with Crippen LogP contribution in [0.25, 0.3) is 10.2 Å². The minimum Gasteiger partial charge on any atom is -0.406 e. The molecule has 1 fully saturated rings. The first-order chi connectivity index (χ1) is 11.1. The number of amides is 1. The van der Waals surface area contributed by atoms with E-state index in [0.29, 0.717) is 21.3 Å². The number of nitrogens with one attached hydrogen (secondary N) is 1. The normalized spacial score (nSPS) is 24.3. The molecule has 130 valence electrons. The van der Waals surface area contributed by atoms with Gasteiger partial charge in [-0.25, -0.2) is 4.98 Å². The maximum Gasteiger partial charge on any atom is 0.573 e. The second-order valence-electron chi connectivity index (χ2n) is 6.56. The molecule has 2 atom stereocenters. The Morgan fingerprint density at radius 3 is 2.83 bits per heavy atom. The van der Waals surface area contributed by atoms with Crippen LogP contribution < -0.4 is 10.1 Å². The Balaban J connectivity index is 1.77. The molecule has 0 spiro atoms. The molecule has 0 saturated heterocycles. The van der Waals surface area contributed by atoms with Gasteiger partial charge in [0, 0.05) is 11.5 Å². The number of rotatable bonds is 3. The number of carbonyl (C=O) groups is 1. The number of ether oxygens (including phenoxy) is 1. The Hall–Kier alpha value is -1.83. The van der Waals surface area contributed by atoms with Gasteiger partial charge in [-0.2, -0.15) is 0 Å². The summed E-state index contributed by atoms with van der Waals surface area (Å²) in [5.74, 6) is 0.129. The molecule has 24 heavy (non-hydrogen) atoms. The number of benzene rings is 1. The third kappa shape index (κ3) is 3.63. The number of alkyl halides is 3. The summed E-state index contributed by atoms with van der Waals surface area (Å²) in [6.07, 6.45) is -2.06. The van der Waals surface area contributed by atoms with E-state index in [2.05, 4.69) is 22.0 Å². The van der Waals surface area contributed by atoms with Gasteiger partial charge in [-0.15, -0.1) is 13.2 Å². The van der Waals surface area contributed by atoms with Crippen LogP contribution in [0.2, 0.25) is 0 Å². The van der Waals surface area contributed by atoms with E-state index >= 15 is 0 Å². The first-order valence-corrected chi connectivity index (χ1v) is 8.44. The minimum absolute atomic E-state index is 0.0855. The fourth-order valence-corrected chi connectivity index (χ4v) is 4.04. The van der Waals surface area contributed by atoms with E-state index in [1.54, 1.807) is 0 Å². The van der Waals surface area contributed by atoms with Crippen molar-refractivity contribution in [3.63, 3.8) is 0 Å². The van der Waals surface area contributed by atoms with E-state index in [0.717, 1.165) is 30.6 Å². The second kappa shape index (κ2) is 5.91. The average molecular weight is 358 g/mol. The molecule has 1 aromatic heterocycles. The van der Waals surface area contributed by atoms with Crippen LogP contribution in [0.3, 0.4) is 0 Å². The smallest absolute Gasteiger partial charge is 0.406 e. The summed E-state index contributed by atoms with van der Waals surface area (Å²) in [6.45, 7) is 4.06. The lowest BCUT2D eigenvalue weighted by Crippen LogP contribution is -2.31. The third-order valence-corrected chi connectivity index (χ3v) is 5.28. The highest BCUT2D eigenvalue weighted by Gasteiger charge is 2.39. The predicted molar refractivity (Wildman–Crippen MR) is 86.1 cm³/mol. The van der Waals surface area contributed by atoms with Crippen LogP contribution >= 0.6 is 11.3 Å². The maximum absolute atomic E-state index is 12.5.